The Morgan fingerprint density at radius 2 is 2.13 bits per heavy atom. The number of benzene rings is 1. The highest BCUT2D eigenvalue weighted by atomic mass is 16.5. The summed E-state index contributed by atoms with van der Waals surface area (Å²) in [6.45, 7) is 8.74. The van der Waals surface area contributed by atoms with Crippen LogP contribution in [0.5, 0.6) is 5.75 Å². The number of nitrogens with one attached hydrogen (secondary N) is 2. The molecule has 1 amide bonds. The molecule has 1 aromatic carbocycles. The number of quaternary nitrogens is 1. The number of carbonyl (C=O) groups is 1. The molecule has 0 spiro atoms. The van der Waals surface area contributed by atoms with Crippen LogP contribution >= 0.6 is 0 Å². The minimum atomic E-state index is 0.177. The lowest BCUT2D eigenvalue weighted by Gasteiger charge is -2.33. The van der Waals surface area contributed by atoms with E-state index in [0.29, 0.717) is 6.54 Å². The van der Waals surface area contributed by atoms with Gasteiger partial charge in [0.05, 0.1) is 33.3 Å². The molecule has 128 valence electrons. The molecule has 1 aliphatic heterocycles. The second-order valence-corrected chi connectivity index (χ2v) is 6.37. The van der Waals surface area contributed by atoms with Crippen LogP contribution in [-0.2, 0) is 4.79 Å². The second kappa shape index (κ2) is 8.77. The third-order valence-electron chi connectivity index (χ3n) is 4.43. The zero-order valence-corrected chi connectivity index (χ0v) is 14.6. The fourth-order valence-corrected chi connectivity index (χ4v) is 3.12. The van der Waals surface area contributed by atoms with Gasteiger partial charge in [-0.25, -0.2) is 0 Å². The molecule has 1 aliphatic rings. The topological polar surface area (TPSA) is 46.0 Å². The van der Waals surface area contributed by atoms with Gasteiger partial charge in [0, 0.05) is 17.8 Å². The predicted octanol–water partition coefficient (Wildman–Crippen LogP) is 0.705. The van der Waals surface area contributed by atoms with E-state index in [1.165, 1.54) is 10.6 Å². The Balaban J connectivity index is 1.78. The van der Waals surface area contributed by atoms with E-state index < -0.39 is 0 Å². The van der Waals surface area contributed by atoms with Gasteiger partial charge in [-0.05, 0) is 25.5 Å². The van der Waals surface area contributed by atoms with E-state index in [4.69, 9.17) is 4.74 Å². The van der Waals surface area contributed by atoms with Gasteiger partial charge in [-0.2, -0.15) is 0 Å². The van der Waals surface area contributed by atoms with Gasteiger partial charge in [0.15, 0.2) is 6.54 Å². The number of methoxy groups -OCH3 is 1. The molecule has 0 unspecified atom stereocenters. The molecule has 5 heteroatoms. The largest absolute Gasteiger partial charge is 0.497 e. The summed E-state index contributed by atoms with van der Waals surface area (Å²) >= 11 is 0. The molecule has 0 saturated carbocycles. The molecule has 23 heavy (non-hydrogen) atoms. The van der Waals surface area contributed by atoms with Gasteiger partial charge in [0.25, 0.3) is 5.91 Å². The first kappa shape index (κ1) is 17.6. The predicted molar refractivity (Wildman–Crippen MR) is 93.3 cm³/mol. The first-order valence-corrected chi connectivity index (χ1v) is 8.64. The molecular weight excluding hydrogens is 290 g/mol. The highest BCUT2D eigenvalue weighted by Crippen LogP contribution is 2.20. The van der Waals surface area contributed by atoms with Crippen molar-refractivity contribution in [2.75, 3.05) is 44.7 Å². The van der Waals surface area contributed by atoms with Crippen LogP contribution in [0, 0.1) is 0 Å². The highest BCUT2D eigenvalue weighted by molar-refractivity contribution is 5.77. The first-order chi connectivity index (χ1) is 11.1. The van der Waals surface area contributed by atoms with Crippen LogP contribution < -0.4 is 19.9 Å². The van der Waals surface area contributed by atoms with Crippen LogP contribution in [-0.4, -0.2) is 51.8 Å². The number of ether oxygens (including phenoxy) is 1. The Bertz CT molecular complexity index is 499. The summed E-state index contributed by atoms with van der Waals surface area (Å²) in [5, 5.41) is 3.10. The zero-order chi connectivity index (χ0) is 16.7. The number of anilines is 1. The van der Waals surface area contributed by atoms with E-state index in [0.717, 1.165) is 44.8 Å². The summed E-state index contributed by atoms with van der Waals surface area (Å²) in [6, 6.07) is 8.46. The van der Waals surface area contributed by atoms with Gasteiger partial charge in [0.1, 0.15) is 5.75 Å². The number of hydrogen-bond acceptors (Lipinski definition) is 3. The standard InChI is InChI=1S/C18H29N3O2/c1-4-6-15(2)19-18(22)14-20-9-11-21(12-10-20)16-7-5-8-17(13-16)23-3/h5,7-8,13,15H,4,6,9-12,14H2,1-3H3,(H,19,22)/p+1/t15-/m0/s1. The van der Waals surface area contributed by atoms with Crippen molar-refractivity contribution >= 4 is 11.6 Å². The summed E-state index contributed by atoms with van der Waals surface area (Å²) in [7, 11) is 1.69. The Labute approximate surface area is 139 Å². The molecule has 0 aromatic heterocycles. The molecule has 0 radical (unpaired) electrons. The Hall–Kier alpha value is -1.75. The average Bonchev–Trinajstić information content (AvgIpc) is 2.55. The van der Waals surface area contributed by atoms with Gasteiger partial charge in [-0.15, -0.1) is 0 Å². The quantitative estimate of drug-likeness (QED) is 0.778. The third-order valence-corrected chi connectivity index (χ3v) is 4.43. The van der Waals surface area contributed by atoms with Crippen molar-refractivity contribution in [3.8, 4) is 5.75 Å². The van der Waals surface area contributed by atoms with Crippen molar-refractivity contribution < 1.29 is 14.4 Å². The minimum Gasteiger partial charge on any atom is -0.497 e. The molecule has 1 heterocycles. The van der Waals surface area contributed by atoms with Crippen LogP contribution in [0.15, 0.2) is 24.3 Å². The van der Waals surface area contributed by atoms with Crippen LogP contribution in [0.4, 0.5) is 5.69 Å². The van der Waals surface area contributed by atoms with Crippen LogP contribution in [0.2, 0.25) is 0 Å². The van der Waals surface area contributed by atoms with E-state index in [2.05, 4.69) is 36.2 Å². The van der Waals surface area contributed by atoms with Gasteiger partial charge in [0.2, 0.25) is 0 Å². The van der Waals surface area contributed by atoms with Crippen molar-refractivity contribution in [1.82, 2.24) is 5.32 Å². The summed E-state index contributed by atoms with van der Waals surface area (Å²) in [6.07, 6.45) is 2.15. The average molecular weight is 320 g/mol. The normalized spacial score (nSPS) is 16.9. The minimum absolute atomic E-state index is 0.177. The lowest BCUT2D eigenvalue weighted by atomic mass is 10.2. The van der Waals surface area contributed by atoms with Crippen LogP contribution in [0.3, 0.4) is 0 Å². The second-order valence-electron chi connectivity index (χ2n) is 6.37. The summed E-state index contributed by atoms with van der Waals surface area (Å²) < 4.78 is 5.29. The van der Waals surface area contributed by atoms with Crippen LogP contribution in [0.1, 0.15) is 26.7 Å². The first-order valence-electron chi connectivity index (χ1n) is 8.64. The fraction of sp³-hybridized carbons (Fsp3) is 0.611. The maximum absolute atomic E-state index is 12.1. The molecule has 1 atom stereocenters. The number of carbonyl (C=O) groups excluding carboxylic acids is 1. The third kappa shape index (κ3) is 5.43. The molecule has 0 bridgehead atoms. The highest BCUT2D eigenvalue weighted by Gasteiger charge is 2.23. The van der Waals surface area contributed by atoms with E-state index in [1.807, 2.05) is 12.1 Å². The number of nitrogens with zero attached hydrogens (tertiary/aromatic N) is 1. The van der Waals surface area contributed by atoms with E-state index in [1.54, 1.807) is 7.11 Å². The summed E-state index contributed by atoms with van der Waals surface area (Å²) in [5.74, 6) is 1.07. The van der Waals surface area contributed by atoms with E-state index >= 15 is 0 Å². The van der Waals surface area contributed by atoms with Crippen molar-refractivity contribution in [2.45, 2.75) is 32.7 Å². The zero-order valence-electron chi connectivity index (χ0n) is 14.6. The monoisotopic (exact) mass is 320 g/mol. The molecule has 2 rings (SSSR count). The Kier molecular flexibility index (Phi) is 6.71. The lowest BCUT2D eigenvalue weighted by Crippen LogP contribution is -3.16. The summed E-state index contributed by atoms with van der Waals surface area (Å²) in [4.78, 5) is 15.8. The smallest absolute Gasteiger partial charge is 0.275 e. The SMILES string of the molecule is CCC[C@H](C)NC(=O)C[NH+]1CCN(c2cccc(OC)c2)CC1. The van der Waals surface area contributed by atoms with Gasteiger partial charge in [-0.1, -0.05) is 19.4 Å². The molecule has 1 aromatic rings. The Morgan fingerprint density at radius 3 is 2.78 bits per heavy atom. The molecule has 1 saturated heterocycles. The molecular formula is C18H30N3O2+. The lowest BCUT2D eigenvalue weighted by molar-refractivity contribution is -0.892. The van der Waals surface area contributed by atoms with Crippen molar-refractivity contribution in [1.29, 1.82) is 0 Å². The van der Waals surface area contributed by atoms with E-state index in [-0.39, 0.29) is 11.9 Å². The number of hydrogen-bond donors (Lipinski definition) is 2. The molecule has 0 aliphatic carbocycles. The van der Waals surface area contributed by atoms with Crippen molar-refractivity contribution in [3.05, 3.63) is 24.3 Å². The van der Waals surface area contributed by atoms with E-state index in [9.17, 15) is 4.79 Å². The number of piperazine rings is 1. The van der Waals surface area contributed by atoms with Crippen molar-refractivity contribution in [2.24, 2.45) is 0 Å². The van der Waals surface area contributed by atoms with Gasteiger partial charge >= 0.3 is 0 Å². The maximum Gasteiger partial charge on any atom is 0.275 e. The Morgan fingerprint density at radius 1 is 1.39 bits per heavy atom. The van der Waals surface area contributed by atoms with Gasteiger partial charge < -0.3 is 19.9 Å². The van der Waals surface area contributed by atoms with Crippen molar-refractivity contribution in [3.63, 3.8) is 0 Å². The number of rotatable bonds is 7. The molecule has 1 fully saturated rings. The van der Waals surface area contributed by atoms with Gasteiger partial charge in [-0.3, -0.25) is 4.79 Å². The number of amides is 1. The van der Waals surface area contributed by atoms with Crippen LogP contribution in [0.25, 0.3) is 0 Å². The molecule has 5 nitrogen and oxygen atoms in total. The summed E-state index contributed by atoms with van der Waals surface area (Å²) in [5.41, 5.74) is 1.20. The molecule has 2 N–H and O–H groups in total. The maximum atomic E-state index is 12.1. The fourth-order valence-electron chi connectivity index (χ4n) is 3.12.